The summed E-state index contributed by atoms with van der Waals surface area (Å²) in [4.78, 5) is 18.9. The largest absolute Gasteiger partial charge is 0.507 e. The number of pyridine rings is 1. The number of nitrogens with one attached hydrogen (secondary N) is 3. The fourth-order valence-electron chi connectivity index (χ4n) is 3.87. The van der Waals surface area contributed by atoms with Gasteiger partial charge in [0.25, 0.3) is 5.91 Å². The van der Waals surface area contributed by atoms with E-state index in [1.165, 1.54) is 0 Å². The number of phenols is 1. The van der Waals surface area contributed by atoms with E-state index < -0.39 is 5.91 Å². The molecule has 0 aliphatic carbocycles. The van der Waals surface area contributed by atoms with Gasteiger partial charge in [0.05, 0.1) is 25.1 Å². The molecule has 174 valence electrons. The smallest absolute Gasteiger partial charge is 0.256 e. The highest BCUT2D eigenvalue weighted by atomic mass is 16.5. The van der Waals surface area contributed by atoms with E-state index in [1.54, 1.807) is 6.20 Å². The lowest BCUT2D eigenvalue weighted by atomic mass is 10.0. The first-order valence-corrected chi connectivity index (χ1v) is 11.0. The molecule has 0 bridgehead atoms. The average molecular weight is 452 g/mol. The number of nitrogens with zero attached hydrogens (tertiary/aromatic N) is 3. The Kier molecular flexibility index (Phi) is 6.64. The number of aromatic amines is 1. The number of H-pyrrole nitrogens is 1. The van der Waals surface area contributed by atoms with Gasteiger partial charge >= 0.3 is 0 Å². The minimum atomic E-state index is -0.609. The number of nitrogens with two attached hydrogens (primary N) is 1. The Balaban J connectivity index is 1.48. The summed E-state index contributed by atoms with van der Waals surface area (Å²) in [6.07, 6.45) is 2.43. The summed E-state index contributed by atoms with van der Waals surface area (Å²) >= 11 is 0. The maximum absolute atomic E-state index is 12.2. The zero-order valence-electron chi connectivity index (χ0n) is 18.8. The number of ether oxygens (including phenoxy) is 1. The number of aryl methyl sites for hydroxylation is 2. The van der Waals surface area contributed by atoms with E-state index in [-0.39, 0.29) is 5.56 Å². The number of anilines is 4. The van der Waals surface area contributed by atoms with Crippen LogP contribution < -0.4 is 21.3 Å². The maximum atomic E-state index is 12.2. The molecule has 1 amide bonds. The van der Waals surface area contributed by atoms with Gasteiger partial charge in [-0.2, -0.15) is 5.10 Å². The van der Waals surface area contributed by atoms with E-state index >= 15 is 0 Å². The molecule has 6 N–H and O–H groups in total. The van der Waals surface area contributed by atoms with Crippen LogP contribution in [0.25, 0.3) is 0 Å². The molecular formula is C23H29N7O3. The maximum Gasteiger partial charge on any atom is 0.256 e. The molecule has 0 radical (unpaired) electrons. The molecule has 0 spiro atoms. The highest BCUT2D eigenvalue weighted by Crippen LogP contribution is 2.27. The van der Waals surface area contributed by atoms with Crippen LogP contribution >= 0.6 is 0 Å². The number of benzene rings is 1. The van der Waals surface area contributed by atoms with Crippen molar-refractivity contribution in [3.05, 3.63) is 52.7 Å². The van der Waals surface area contributed by atoms with Crippen LogP contribution in [0.4, 0.5) is 23.1 Å². The lowest BCUT2D eigenvalue weighted by Crippen LogP contribution is -2.36. The Morgan fingerprint density at radius 3 is 2.76 bits per heavy atom. The molecule has 1 saturated heterocycles. The fourth-order valence-corrected chi connectivity index (χ4v) is 3.87. The molecule has 0 saturated carbocycles. The molecular weight excluding hydrogens is 422 g/mol. The first kappa shape index (κ1) is 22.4. The summed E-state index contributed by atoms with van der Waals surface area (Å²) in [7, 11) is 0. The molecule has 1 aliphatic rings. The second-order valence-corrected chi connectivity index (χ2v) is 7.94. The van der Waals surface area contributed by atoms with Crippen LogP contribution in [0.2, 0.25) is 0 Å². The lowest BCUT2D eigenvalue weighted by molar-refractivity contribution is 0.100. The van der Waals surface area contributed by atoms with Gasteiger partial charge in [0.2, 0.25) is 0 Å². The number of aromatic hydroxyl groups is 1. The van der Waals surface area contributed by atoms with E-state index in [0.717, 1.165) is 42.0 Å². The number of morpholine rings is 1. The molecule has 2 aromatic heterocycles. The number of hydrogen-bond acceptors (Lipinski definition) is 8. The highest BCUT2D eigenvalue weighted by molar-refractivity contribution is 6.03. The number of carbonyl (C=O) groups is 1. The molecule has 1 fully saturated rings. The Morgan fingerprint density at radius 1 is 1.30 bits per heavy atom. The van der Waals surface area contributed by atoms with E-state index in [1.807, 2.05) is 38.1 Å². The van der Waals surface area contributed by atoms with Gasteiger partial charge in [-0.3, -0.25) is 9.89 Å². The van der Waals surface area contributed by atoms with E-state index in [2.05, 4.69) is 30.7 Å². The standard InChI is InChI=1S/C23H29N7O3/c1-3-16-11-15(10-14(2)20(16)31)12-26-22-19(21(24)32)23(29-28-22)27-17-4-5-18(25-13-17)30-6-8-33-9-7-30/h4-5,10-11,13,31H,3,6-9,12H2,1-2H3,(H2,24,32)(H3,26,27,28,29). The molecule has 1 aliphatic heterocycles. The second-order valence-electron chi connectivity index (χ2n) is 7.94. The van der Waals surface area contributed by atoms with E-state index in [9.17, 15) is 9.90 Å². The van der Waals surface area contributed by atoms with Crippen molar-refractivity contribution in [3.8, 4) is 5.75 Å². The molecule has 0 atom stereocenters. The molecule has 10 heteroatoms. The van der Waals surface area contributed by atoms with Gasteiger partial charge in [-0.05, 0) is 42.2 Å². The highest BCUT2D eigenvalue weighted by Gasteiger charge is 2.19. The molecule has 3 aromatic rings. The topological polar surface area (TPSA) is 141 Å². The number of rotatable bonds is 8. The zero-order chi connectivity index (χ0) is 23.4. The molecule has 3 heterocycles. The van der Waals surface area contributed by atoms with E-state index in [4.69, 9.17) is 10.5 Å². The van der Waals surface area contributed by atoms with Gasteiger partial charge < -0.3 is 31.1 Å². The number of primary amides is 1. The molecule has 1 aromatic carbocycles. The van der Waals surface area contributed by atoms with Crippen LogP contribution in [-0.2, 0) is 17.7 Å². The third-order valence-corrected chi connectivity index (χ3v) is 5.65. The number of hydrogen-bond donors (Lipinski definition) is 5. The van der Waals surface area contributed by atoms with Crippen LogP contribution in [0.3, 0.4) is 0 Å². The summed E-state index contributed by atoms with van der Waals surface area (Å²) in [6, 6.07) is 7.65. The van der Waals surface area contributed by atoms with Crippen molar-refractivity contribution in [2.45, 2.75) is 26.8 Å². The average Bonchev–Trinajstić information content (AvgIpc) is 3.23. The Morgan fingerprint density at radius 2 is 2.09 bits per heavy atom. The van der Waals surface area contributed by atoms with Gasteiger partial charge in [-0.25, -0.2) is 4.98 Å². The summed E-state index contributed by atoms with van der Waals surface area (Å²) in [6.45, 7) is 7.28. The van der Waals surface area contributed by atoms with Gasteiger partial charge in [-0.15, -0.1) is 0 Å². The van der Waals surface area contributed by atoms with Crippen molar-refractivity contribution in [1.82, 2.24) is 15.2 Å². The third kappa shape index (κ3) is 5.01. The van der Waals surface area contributed by atoms with Crippen molar-refractivity contribution in [2.24, 2.45) is 5.73 Å². The zero-order valence-corrected chi connectivity index (χ0v) is 18.8. The van der Waals surface area contributed by atoms with Gasteiger partial charge in [0, 0.05) is 19.6 Å². The van der Waals surface area contributed by atoms with E-state index in [0.29, 0.717) is 42.8 Å². The minimum absolute atomic E-state index is 0.235. The van der Waals surface area contributed by atoms with Crippen LogP contribution in [0.1, 0.15) is 34.0 Å². The normalized spacial score (nSPS) is 13.7. The first-order chi connectivity index (χ1) is 16.0. The summed E-state index contributed by atoms with van der Waals surface area (Å²) in [5.41, 5.74) is 9.23. The monoisotopic (exact) mass is 451 g/mol. The van der Waals surface area contributed by atoms with Gasteiger partial charge in [-0.1, -0.05) is 19.1 Å². The third-order valence-electron chi connectivity index (χ3n) is 5.65. The van der Waals surface area contributed by atoms with Crippen molar-refractivity contribution in [3.63, 3.8) is 0 Å². The summed E-state index contributed by atoms with van der Waals surface area (Å²) < 4.78 is 5.38. The predicted molar refractivity (Wildman–Crippen MR) is 127 cm³/mol. The number of amides is 1. The second kappa shape index (κ2) is 9.78. The quantitative estimate of drug-likeness (QED) is 0.352. The van der Waals surface area contributed by atoms with Crippen LogP contribution in [0.5, 0.6) is 5.75 Å². The van der Waals surface area contributed by atoms with Gasteiger partial charge in [0.1, 0.15) is 22.9 Å². The number of phenolic OH excluding ortho intramolecular Hbond substituents is 1. The minimum Gasteiger partial charge on any atom is -0.507 e. The fraction of sp³-hybridized carbons (Fsp3) is 0.348. The number of carbonyl (C=O) groups excluding carboxylic acids is 1. The number of aromatic nitrogens is 3. The first-order valence-electron chi connectivity index (χ1n) is 11.0. The van der Waals surface area contributed by atoms with Crippen LogP contribution in [0.15, 0.2) is 30.5 Å². The van der Waals surface area contributed by atoms with Crippen molar-refractivity contribution < 1.29 is 14.6 Å². The Labute approximate surface area is 192 Å². The van der Waals surface area contributed by atoms with Crippen molar-refractivity contribution in [1.29, 1.82) is 0 Å². The predicted octanol–water partition coefficient (Wildman–Crippen LogP) is 2.67. The van der Waals surface area contributed by atoms with Crippen LogP contribution in [0, 0.1) is 6.92 Å². The Hall–Kier alpha value is -3.79. The molecule has 33 heavy (non-hydrogen) atoms. The van der Waals surface area contributed by atoms with Crippen molar-refractivity contribution >= 4 is 29.0 Å². The van der Waals surface area contributed by atoms with Crippen molar-refractivity contribution in [2.75, 3.05) is 41.8 Å². The Bertz CT molecular complexity index is 1120. The molecule has 4 rings (SSSR count). The molecule has 10 nitrogen and oxygen atoms in total. The molecule has 0 unspecified atom stereocenters. The lowest BCUT2D eigenvalue weighted by Gasteiger charge is -2.27. The van der Waals surface area contributed by atoms with Crippen LogP contribution in [-0.4, -0.2) is 52.5 Å². The van der Waals surface area contributed by atoms with Gasteiger partial charge in [0.15, 0.2) is 5.82 Å². The SMILES string of the molecule is CCc1cc(CNc2n[nH]c(Nc3ccc(N4CCOCC4)nc3)c2C(N)=O)cc(C)c1O. The summed E-state index contributed by atoms with van der Waals surface area (Å²) in [5, 5.41) is 23.5. The summed E-state index contributed by atoms with van der Waals surface area (Å²) in [5.74, 6) is 1.33.